The number of nitrogens with zero attached hydrogens (tertiary/aromatic N) is 6. The lowest BCUT2D eigenvalue weighted by Crippen LogP contribution is -2.30. The van der Waals surface area contributed by atoms with Gasteiger partial charge in [0.25, 0.3) is 0 Å². The van der Waals surface area contributed by atoms with Gasteiger partial charge in [-0.2, -0.15) is 5.10 Å². The van der Waals surface area contributed by atoms with Gasteiger partial charge in [0, 0.05) is 62.1 Å². The fraction of sp³-hybridized carbons (Fsp3) is 0.233. The van der Waals surface area contributed by atoms with Crippen molar-refractivity contribution in [3.05, 3.63) is 84.4 Å². The molecule has 9 heteroatoms. The summed E-state index contributed by atoms with van der Waals surface area (Å²) in [7, 11) is 0. The van der Waals surface area contributed by atoms with E-state index in [1.807, 2.05) is 36.9 Å². The number of fused-ring (bicyclic) bond motifs is 2. The predicted octanol–water partition coefficient (Wildman–Crippen LogP) is 5.24. The second kappa shape index (κ2) is 10.3. The third-order valence-electron chi connectivity index (χ3n) is 7.31. The molecule has 0 radical (unpaired) electrons. The molecule has 5 aromatic heterocycles. The number of imidazole rings is 1. The Balaban J connectivity index is 1.18. The molecule has 3 N–H and O–H groups in total. The first-order chi connectivity index (χ1) is 19.3. The maximum Gasteiger partial charge on any atom is 0.181 e. The van der Waals surface area contributed by atoms with Gasteiger partial charge in [-0.3, -0.25) is 10.1 Å². The van der Waals surface area contributed by atoms with Crippen LogP contribution >= 0.6 is 0 Å². The lowest BCUT2D eigenvalue weighted by Gasteiger charge is -2.27. The molecule has 0 bridgehead atoms. The van der Waals surface area contributed by atoms with Crippen molar-refractivity contribution in [3.8, 4) is 22.6 Å². The summed E-state index contributed by atoms with van der Waals surface area (Å²) in [6.07, 6.45) is 11.1. The molecule has 39 heavy (non-hydrogen) atoms. The zero-order valence-electron chi connectivity index (χ0n) is 21.6. The highest BCUT2D eigenvalue weighted by Gasteiger charge is 2.20. The standard InChI is InChI=1S/C30H29N9/c1-3-7-20(8-4-1)15-31-16-21-13-22(18-32-17-21)23-14-24-26(37-38-28(24)34-19-23)29-35-25-9-10-33-30(27(25)36-29)39-11-5-2-6-12-39/h1,3-4,7-10,13-14,17-19,31H,2,5-6,11-12,15-16H2,(H,35,36)(H,34,37,38). The normalized spacial score (nSPS) is 13.9. The monoisotopic (exact) mass is 515 g/mol. The number of piperidine rings is 1. The Morgan fingerprint density at radius 2 is 1.69 bits per heavy atom. The SMILES string of the molecule is c1ccc(CNCc2cncc(-c3cnc4n[nH]c(-c5nc6c(N7CCCCC7)nccc6[nH]5)c4c3)c2)cc1. The molecule has 0 atom stereocenters. The highest BCUT2D eigenvalue weighted by Crippen LogP contribution is 2.31. The molecular formula is C30H29N9. The third kappa shape index (κ3) is 4.72. The Kier molecular flexibility index (Phi) is 6.18. The summed E-state index contributed by atoms with van der Waals surface area (Å²) in [5.41, 5.74) is 7.68. The van der Waals surface area contributed by atoms with E-state index >= 15 is 0 Å². The van der Waals surface area contributed by atoms with Crippen LogP contribution in [0, 0.1) is 0 Å². The van der Waals surface area contributed by atoms with Crippen molar-refractivity contribution in [2.75, 3.05) is 18.0 Å². The number of benzene rings is 1. The molecular weight excluding hydrogens is 486 g/mol. The molecule has 1 saturated heterocycles. The van der Waals surface area contributed by atoms with Gasteiger partial charge in [-0.1, -0.05) is 30.3 Å². The number of nitrogens with one attached hydrogen (secondary N) is 3. The Hall–Kier alpha value is -4.63. The summed E-state index contributed by atoms with van der Waals surface area (Å²) in [4.78, 5) is 24.6. The molecule has 0 saturated carbocycles. The molecule has 9 nitrogen and oxygen atoms in total. The highest BCUT2D eigenvalue weighted by molar-refractivity contribution is 5.95. The number of rotatable bonds is 7. The van der Waals surface area contributed by atoms with Crippen LogP contribution in [-0.4, -0.2) is 48.2 Å². The van der Waals surface area contributed by atoms with E-state index in [0.717, 1.165) is 76.6 Å². The van der Waals surface area contributed by atoms with Crippen LogP contribution in [0.1, 0.15) is 30.4 Å². The molecule has 0 amide bonds. The average molecular weight is 516 g/mol. The van der Waals surface area contributed by atoms with Gasteiger partial charge in [-0.15, -0.1) is 0 Å². The number of anilines is 1. The lowest BCUT2D eigenvalue weighted by molar-refractivity contribution is 0.574. The predicted molar refractivity (Wildman–Crippen MR) is 153 cm³/mol. The van der Waals surface area contributed by atoms with Gasteiger partial charge in [-0.25, -0.2) is 15.0 Å². The van der Waals surface area contributed by atoms with Crippen LogP contribution in [0.15, 0.2) is 73.3 Å². The quantitative estimate of drug-likeness (QED) is 0.267. The van der Waals surface area contributed by atoms with Crippen LogP contribution in [0.4, 0.5) is 5.82 Å². The van der Waals surface area contributed by atoms with E-state index in [4.69, 9.17) is 4.98 Å². The maximum atomic E-state index is 4.98. The van der Waals surface area contributed by atoms with Crippen LogP contribution < -0.4 is 10.2 Å². The minimum Gasteiger partial charge on any atom is -0.355 e. The van der Waals surface area contributed by atoms with E-state index in [1.54, 1.807) is 0 Å². The van der Waals surface area contributed by atoms with E-state index in [2.05, 4.69) is 76.7 Å². The van der Waals surface area contributed by atoms with Crippen LogP contribution in [0.25, 0.3) is 44.7 Å². The molecule has 1 aliphatic heterocycles. The van der Waals surface area contributed by atoms with Crippen molar-refractivity contribution in [1.29, 1.82) is 0 Å². The molecule has 1 fully saturated rings. The van der Waals surface area contributed by atoms with Crippen molar-refractivity contribution in [2.24, 2.45) is 0 Å². The summed E-state index contributed by atoms with van der Waals surface area (Å²) in [5, 5.41) is 12.0. The van der Waals surface area contributed by atoms with Crippen LogP contribution in [-0.2, 0) is 13.1 Å². The molecule has 0 aliphatic carbocycles. The lowest BCUT2D eigenvalue weighted by atomic mass is 10.1. The molecule has 6 heterocycles. The molecule has 0 spiro atoms. The van der Waals surface area contributed by atoms with Crippen molar-refractivity contribution in [3.63, 3.8) is 0 Å². The third-order valence-corrected chi connectivity index (χ3v) is 7.31. The number of hydrogen-bond acceptors (Lipinski definition) is 7. The van der Waals surface area contributed by atoms with Crippen LogP contribution in [0.3, 0.4) is 0 Å². The van der Waals surface area contributed by atoms with Gasteiger partial charge in [0.15, 0.2) is 17.3 Å². The van der Waals surface area contributed by atoms with E-state index < -0.39 is 0 Å². The maximum absolute atomic E-state index is 4.98. The first kappa shape index (κ1) is 23.5. The zero-order valence-corrected chi connectivity index (χ0v) is 21.6. The van der Waals surface area contributed by atoms with Gasteiger partial charge in [0.05, 0.1) is 10.9 Å². The molecule has 1 aliphatic rings. The Bertz CT molecular complexity index is 1730. The smallest absolute Gasteiger partial charge is 0.181 e. The van der Waals surface area contributed by atoms with Crippen molar-refractivity contribution in [1.82, 2.24) is 40.4 Å². The van der Waals surface area contributed by atoms with Gasteiger partial charge >= 0.3 is 0 Å². The van der Waals surface area contributed by atoms with Crippen molar-refractivity contribution in [2.45, 2.75) is 32.4 Å². The molecule has 6 aromatic rings. The number of pyridine rings is 3. The minimum atomic E-state index is 0.650. The van der Waals surface area contributed by atoms with E-state index in [-0.39, 0.29) is 0 Å². The Morgan fingerprint density at radius 3 is 2.59 bits per heavy atom. The Labute approximate surface area is 225 Å². The van der Waals surface area contributed by atoms with Crippen LogP contribution in [0.2, 0.25) is 0 Å². The first-order valence-electron chi connectivity index (χ1n) is 13.4. The fourth-order valence-electron chi connectivity index (χ4n) is 5.30. The summed E-state index contributed by atoms with van der Waals surface area (Å²) in [6.45, 7) is 3.57. The largest absolute Gasteiger partial charge is 0.355 e. The molecule has 1 aromatic carbocycles. The van der Waals surface area contributed by atoms with Crippen molar-refractivity contribution < 1.29 is 0 Å². The molecule has 194 valence electrons. The summed E-state index contributed by atoms with van der Waals surface area (Å²) < 4.78 is 0. The highest BCUT2D eigenvalue weighted by atomic mass is 15.2. The van der Waals surface area contributed by atoms with Gasteiger partial charge in [0.2, 0.25) is 0 Å². The zero-order chi connectivity index (χ0) is 26.0. The molecule has 0 unspecified atom stereocenters. The second-order valence-corrected chi connectivity index (χ2v) is 10.0. The Morgan fingerprint density at radius 1 is 0.846 bits per heavy atom. The number of hydrogen-bond donors (Lipinski definition) is 3. The van der Waals surface area contributed by atoms with Crippen LogP contribution in [0.5, 0.6) is 0 Å². The van der Waals surface area contributed by atoms with Gasteiger partial charge in [-0.05, 0) is 48.6 Å². The fourth-order valence-corrected chi connectivity index (χ4v) is 5.30. The summed E-state index contributed by atoms with van der Waals surface area (Å²) in [5.74, 6) is 1.68. The average Bonchev–Trinajstić information content (AvgIpc) is 3.62. The minimum absolute atomic E-state index is 0.650. The second-order valence-electron chi connectivity index (χ2n) is 10.0. The van der Waals surface area contributed by atoms with Crippen molar-refractivity contribution >= 4 is 27.9 Å². The van der Waals surface area contributed by atoms with E-state index in [0.29, 0.717) is 5.65 Å². The first-order valence-corrected chi connectivity index (χ1v) is 13.4. The van der Waals surface area contributed by atoms with Gasteiger partial charge < -0.3 is 15.2 Å². The summed E-state index contributed by atoms with van der Waals surface area (Å²) >= 11 is 0. The molecule has 7 rings (SSSR count). The number of aromatic nitrogens is 7. The van der Waals surface area contributed by atoms with E-state index in [9.17, 15) is 0 Å². The summed E-state index contributed by atoms with van der Waals surface area (Å²) in [6, 6.07) is 16.6. The number of H-pyrrole nitrogens is 2. The van der Waals surface area contributed by atoms with Gasteiger partial charge in [0.1, 0.15) is 11.2 Å². The van der Waals surface area contributed by atoms with E-state index in [1.165, 1.54) is 24.8 Å². The number of aromatic amines is 2. The topological polar surface area (TPSA) is 111 Å².